The number of hydrogen-bond donors (Lipinski definition) is 1. The highest BCUT2D eigenvalue weighted by molar-refractivity contribution is 5.58. The molecule has 1 N–H and O–H groups in total. The Balaban J connectivity index is 2.34. The van der Waals surface area contributed by atoms with Gasteiger partial charge in [0, 0.05) is 6.04 Å². The molecule has 0 aliphatic carbocycles. The lowest BCUT2D eigenvalue weighted by Gasteiger charge is -2.20. The first-order valence-electron chi connectivity index (χ1n) is 6.35. The number of nitriles is 1. The lowest BCUT2D eigenvalue weighted by atomic mass is 10.0. The van der Waals surface area contributed by atoms with E-state index in [2.05, 4.69) is 5.32 Å². The fourth-order valence-electron chi connectivity index (χ4n) is 2.15. The summed E-state index contributed by atoms with van der Waals surface area (Å²) in [5, 5.41) is 12.0. The summed E-state index contributed by atoms with van der Waals surface area (Å²) in [5.41, 5.74) is 0.399. The molecule has 0 aliphatic heterocycles. The molecule has 0 heterocycles. The van der Waals surface area contributed by atoms with Crippen LogP contribution in [0.4, 0.5) is 18.9 Å². The van der Waals surface area contributed by atoms with Gasteiger partial charge >= 0.3 is 6.18 Å². The third-order valence-corrected chi connectivity index (χ3v) is 3.15. The van der Waals surface area contributed by atoms with E-state index in [1.54, 1.807) is 37.3 Å². The third kappa shape index (κ3) is 3.34. The van der Waals surface area contributed by atoms with E-state index in [9.17, 15) is 13.2 Å². The standard InChI is InChI=1S/C16H13F3N2/c1-11(21-15-9-5-2-6-12(15)10-20)13-7-3-4-8-14(13)16(17,18)19/h2-9,11,21H,1H3. The number of halogens is 3. The van der Waals surface area contributed by atoms with Crippen LogP contribution in [0.3, 0.4) is 0 Å². The second-order valence-electron chi connectivity index (χ2n) is 4.61. The van der Waals surface area contributed by atoms with E-state index >= 15 is 0 Å². The van der Waals surface area contributed by atoms with E-state index in [4.69, 9.17) is 5.26 Å². The summed E-state index contributed by atoms with van der Waals surface area (Å²) in [7, 11) is 0. The van der Waals surface area contributed by atoms with Crippen LogP contribution in [-0.4, -0.2) is 0 Å². The molecule has 0 fully saturated rings. The van der Waals surface area contributed by atoms with Gasteiger partial charge in [-0.1, -0.05) is 30.3 Å². The molecule has 0 aromatic heterocycles. The molecule has 0 spiro atoms. The van der Waals surface area contributed by atoms with Crippen molar-refractivity contribution in [3.05, 3.63) is 65.2 Å². The number of nitrogens with zero attached hydrogens (tertiary/aromatic N) is 1. The zero-order chi connectivity index (χ0) is 15.5. The van der Waals surface area contributed by atoms with Crippen LogP contribution in [0.25, 0.3) is 0 Å². The Labute approximate surface area is 120 Å². The van der Waals surface area contributed by atoms with Gasteiger partial charge in [0.25, 0.3) is 0 Å². The first-order valence-corrected chi connectivity index (χ1v) is 6.35. The normalized spacial score (nSPS) is 12.5. The summed E-state index contributed by atoms with van der Waals surface area (Å²) in [5.74, 6) is 0. The predicted octanol–water partition coefficient (Wildman–Crippen LogP) is 4.75. The molecule has 1 unspecified atom stereocenters. The van der Waals surface area contributed by atoms with Gasteiger partial charge in [0.15, 0.2) is 0 Å². The quantitative estimate of drug-likeness (QED) is 0.885. The Kier molecular flexibility index (Phi) is 4.18. The van der Waals surface area contributed by atoms with Crippen LogP contribution in [0.2, 0.25) is 0 Å². The molecular formula is C16H13F3N2. The summed E-state index contributed by atoms with van der Waals surface area (Å²) in [6.45, 7) is 1.64. The van der Waals surface area contributed by atoms with Crippen LogP contribution in [-0.2, 0) is 6.18 Å². The van der Waals surface area contributed by atoms with E-state index < -0.39 is 17.8 Å². The van der Waals surface area contributed by atoms with Gasteiger partial charge in [0.2, 0.25) is 0 Å². The molecule has 0 saturated carbocycles. The monoisotopic (exact) mass is 290 g/mol. The SMILES string of the molecule is CC(Nc1ccccc1C#N)c1ccccc1C(F)(F)F. The molecule has 2 aromatic rings. The molecule has 0 amide bonds. The number of benzene rings is 2. The second-order valence-corrected chi connectivity index (χ2v) is 4.61. The minimum Gasteiger partial charge on any atom is -0.377 e. The highest BCUT2D eigenvalue weighted by Crippen LogP contribution is 2.35. The smallest absolute Gasteiger partial charge is 0.377 e. The van der Waals surface area contributed by atoms with Gasteiger partial charge in [-0.3, -0.25) is 0 Å². The topological polar surface area (TPSA) is 35.8 Å². The van der Waals surface area contributed by atoms with Gasteiger partial charge < -0.3 is 5.32 Å². The van der Waals surface area contributed by atoms with Crippen molar-refractivity contribution in [1.82, 2.24) is 0 Å². The molecular weight excluding hydrogens is 277 g/mol. The Hall–Kier alpha value is -2.48. The Bertz CT molecular complexity index is 672. The summed E-state index contributed by atoms with van der Waals surface area (Å²) in [6, 6.07) is 13.6. The van der Waals surface area contributed by atoms with Gasteiger partial charge in [-0.15, -0.1) is 0 Å². The zero-order valence-electron chi connectivity index (χ0n) is 11.3. The van der Waals surface area contributed by atoms with Crippen molar-refractivity contribution >= 4 is 5.69 Å². The maximum atomic E-state index is 13.0. The van der Waals surface area contributed by atoms with Crippen LogP contribution in [0, 0.1) is 11.3 Å². The molecule has 2 nitrogen and oxygen atoms in total. The van der Waals surface area contributed by atoms with Crippen LogP contribution in [0.15, 0.2) is 48.5 Å². The first kappa shape index (κ1) is 14.9. The molecule has 108 valence electrons. The van der Waals surface area contributed by atoms with Crippen LogP contribution >= 0.6 is 0 Å². The predicted molar refractivity (Wildman–Crippen MR) is 74.6 cm³/mol. The minimum atomic E-state index is -4.40. The summed E-state index contributed by atoms with van der Waals surface area (Å²) < 4.78 is 39.0. The van der Waals surface area contributed by atoms with Gasteiger partial charge in [0.1, 0.15) is 6.07 Å². The van der Waals surface area contributed by atoms with Crippen LogP contribution < -0.4 is 5.32 Å². The molecule has 1 atom stereocenters. The molecule has 0 aliphatic rings. The largest absolute Gasteiger partial charge is 0.416 e. The average Bonchev–Trinajstić information content (AvgIpc) is 2.47. The van der Waals surface area contributed by atoms with Crippen molar-refractivity contribution in [2.45, 2.75) is 19.1 Å². The third-order valence-electron chi connectivity index (χ3n) is 3.15. The fourth-order valence-corrected chi connectivity index (χ4v) is 2.15. The van der Waals surface area contributed by atoms with Crippen molar-refractivity contribution in [3.63, 3.8) is 0 Å². The number of nitrogens with one attached hydrogen (secondary N) is 1. The number of alkyl halides is 3. The average molecular weight is 290 g/mol. The van der Waals surface area contributed by atoms with Crippen molar-refractivity contribution in [3.8, 4) is 6.07 Å². The van der Waals surface area contributed by atoms with Gasteiger partial charge in [0.05, 0.1) is 16.8 Å². The molecule has 0 bridgehead atoms. The molecule has 5 heteroatoms. The van der Waals surface area contributed by atoms with E-state index in [1.165, 1.54) is 12.1 Å². The lowest BCUT2D eigenvalue weighted by Crippen LogP contribution is -2.15. The Morgan fingerprint density at radius 2 is 1.67 bits per heavy atom. The minimum absolute atomic E-state index is 0.151. The van der Waals surface area contributed by atoms with E-state index in [1.807, 2.05) is 6.07 Å². The Morgan fingerprint density at radius 1 is 1.05 bits per heavy atom. The summed E-state index contributed by atoms with van der Waals surface area (Å²) in [4.78, 5) is 0. The second kappa shape index (κ2) is 5.88. The van der Waals surface area contributed by atoms with Gasteiger partial charge in [-0.2, -0.15) is 18.4 Å². The molecule has 0 saturated heterocycles. The van der Waals surface area contributed by atoms with E-state index in [0.29, 0.717) is 11.3 Å². The van der Waals surface area contributed by atoms with Gasteiger partial charge in [-0.25, -0.2) is 0 Å². The van der Waals surface area contributed by atoms with Crippen LogP contribution in [0.1, 0.15) is 29.7 Å². The number of para-hydroxylation sites is 1. The molecule has 2 aromatic carbocycles. The zero-order valence-corrected chi connectivity index (χ0v) is 11.3. The van der Waals surface area contributed by atoms with Crippen molar-refractivity contribution in [2.75, 3.05) is 5.32 Å². The highest BCUT2D eigenvalue weighted by Gasteiger charge is 2.34. The Morgan fingerprint density at radius 3 is 2.33 bits per heavy atom. The number of hydrogen-bond acceptors (Lipinski definition) is 2. The first-order chi connectivity index (χ1) is 9.93. The maximum Gasteiger partial charge on any atom is 0.416 e. The molecule has 21 heavy (non-hydrogen) atoms. The molecule has 2 rings (SSSR count). The fraction of sp³-hybridized carbons (Fsp3) is 0.188. The molecule has 0 radical (unpaired) electrons. The van der Waals surface area contributed by atoms with Crippen molar-refractivity contribution in [2.24, 2.45) is 0 Å². The lowest BCUT2D eigenvalue weighted by molar-refractivity contribution is -0.138. The number of rotatable bonds is 3. The van der Waals surface area contributed by atoms with E-state index in [-0.39, 0.29) is 5.56 Å². The van der Waals surface area contributed by atoms with Crippen LogP contribution in [0.5, 0.6) is 0 Å². The van der Waals surface area contributed by atoms with Gasteiger partial charge in [-0.05, 0) is 30.7 Å². The highest BCUT2D eigenvalue weighted by atomic mass is 19.4. The van der Waals surface area contributed by atoms with Crippen molar-refractivity contribution in [1.29, 1.82) is 5.26 Å². The van der Waals surface area contributed by atoms with Crippen molar-refractivity contribution < 1.29 is 13.2 Å². The number of anilines is 1. The maximum absolute atomic E-state index is 13.0. The van der Waals surface area contributed by atoms with E-state index in [0.717, 1.165) is 6.07 Å². The summed E-state index contributed by atoms with van der Waals surface area (Å²) >= 11 is 0. The summed E-state index contributed by atoms with van der Waals surface area (Å²) in [6.07, 6.45) is -4.40.